The second-order valence-corrected chi connectivity index (χ2v) is 10.1. The molecule has 0 spiro atoms. The molecule has 0 saturated carbocycles. The molecule has 4 nitrogen and oxygen atoms in total. The molecule has 0 N–H and O–H groups in total. The quantitative estimate of drug-likeness (QED) is 0.141. The van der Waals surface area contributed by atoms with Crippen LogP contribution >= 0.6 is 0 Å². The molecule has 0 atom stereocenters. The Bertz CT molecular complexity index is 340. The van der Waals surface area contributed by atoms with E-state index in [1.807, 2.05) is 0 Å². The van der Waals surface area contributed by atoms with Gasteiger partial charge in [0.2, 0.25) is 0 Å². The van der Waals surface area contributed by atoms with Crippen molar-refractivity contribution in [3.05, 3.63) is 0 Å². The maximum absolute atomic E-state index is 11.7. The van der Waals surface area contributed by atoms with Gasteiger partial charge in [-0.1, -0.05) is 13.8 Å². The van der Waals surface area contributed by atoms with Crippen molar-refractivity contribution in [2.24, 2.45) is 0 Å². The van der Waals surface area contributed by atoms with Gasteiger partial charge in [-0.25, -0.2) is 0 Å². The molecule has 5 heteroatoms. The van der Waals surface area contributed by atoms with E-state index in [0.717, 1.165) is 25.7 Å². The van der Waals surface area contributed by atoms with E-state index >= 15 is 0 Å². The first-order chi connectivity index (χ1) is 14.2. The van der Waals surface area contributed by atoms with Crippen LogP contribution in [0.15, 0.2) is 0 Å². The number of carbonyl (C=O) groups is 2. The minimum Gasteiger partial charge on any atom is -0.0654 e. The Balaban J connectivity index is 3.31. The average molecular weight is 513 g/mol. The van der Waals surface area contributed by atoms with E-state index in [1.165, 1.54) is 89.9 Å². The predicted molar refractivity (Wildman–Crippen MR) is 122 cm³/mol. The van der Waals surface area contributed by atoms with Crippen molar-refractivity contribution in [2.45, 2.75) is 142 Å². The molecule has 29 heavy (non-hydrogen) atoms. The standard InChI is InChI=1S/2C12H24O2.In/c2*1-2-3-4-5-6-7-8-9-10-11-12(13)14;/h2*2-11H2,1H3,(H,13,14);/q;;+2/p-2. The number of hydrogen-bond donors (Lipinski definition) is 0. The van der Waals surface area contributed by atoms with Crippen LogP contribution < -0.4 is 0 Å². The Labute approximate surface area is 192 Å². The Morgan fingerprint density at radius 3 is 1.07 bits per heavy atom. The molecule has 0 aromatic rings. The molecule has 0 amide bonds. The van der Waals surface area contributed by atoms with E-state index < -0.39 is 23.8 Å². The van der Waals surface area contributed by atoms with Gasteiger partial charge in [-0.3, -0.25) is 0 Å². The van der Waals surface area contributed by atoms with Crippen molar-refractivity contribution in [3.8, 4) is 0 Å². The molecule has 1 radical (unpaired) electrons. The fraction of sp³-hybridized carbons (Fsp3) is 0.917. The summed E-state index contributed by atoms with van der Waals surface area (Å²) >= 11 is -1.96. The Hall–Kier alpha value is -0.190. The fourth-order valence-corrected chi connectivity index (χ4v) is 4.83. The molecule has 0 aromatic heterocycles. The minimum atomic E-state index is -1.96. The van der Waals surface area contributed by atoms with Crippen LogP contribution in [0.4, 0.5) is 0 Å². The van der Waals surface area contributed by atoms with E-state index in [4.69, 9.17) is 5.71 Å². The molecule has 0 fully saturated rings. The molecular formula is C24H46InO4. The van der Waals surface area contributed by atoms with Crippen LogP contribution in [-0.2, 0) is 15.3 Å². The monoisotopic (exact) mass is 513 g/mol. The molecule has 0 aliphatic rings. The van der Waals surface area contributed by atoms with Crippen molar-refractivity contribution in [1.29, 1.82) is 0 Å². The van der Waals surface area contributed by atoms with Crippen molar-refractivity contribution in [1.82, 2.24) is 0 Å². The molecule has 0 aromatic carbocycles. The van der Waals surface area contributed by atoms with E-state index in [9.17, 15) is 9.59 Å². The molecule has 0 unspecified atom stereocenters. The van der Waals surface area contributed by atoms with Gasteiger partial charge < -0.3 is 0 Å². The Kier molecular flexibility index (Phi) is 23.9. The van der Waals surface area contributed by atoms with E-state index in [2.05, 4.69) is 13.8 Å². The molecule has 0 aliphatic carbocycles. The molecule has 0 heterocycles. The summed E-state index contributed by atoms with van der Waals surface area (Å²) in [4.78, 5) is 23.4. The Morgan fingerprint density at radius 2 is 0.759 bits per heavy atom. The van der Waals surface area contributed by atoms with Crippen LogP contribution in [0, 0.1) is 0 Å². The van der Waals surface area contributed by atoms with Gasteiger partial charge in [-0.15, -0.1) is 0 Å². The smallest absolute Gasteiger partial charge is 0.0654 e. The molecular weight excluding hydrogens is 467 g/mol. The van der Waals surface area contributed by atoms with E-state index in [1.54, 1.807) is 0 Å². The fourth-order valence-electron chi connectivity index (χ4n) is 3.41. The van der Waals surface area contributed by atoms with Gasteiger partial charge in [0, 0.05) is 0 Å². The average Bonchev–Trinajstić information content (AvgIpc) is 2.71. The summed E-state index contributed by atoms with van der Waals surface area (Å²) in [6.07, 6.45) is 23.2. The number of carbonyl (C=O) groups excluding carboxylic acids is 2. The van der Waals surface area contributed by atoms with Gasteiger partial charge in [-0.05, 0) is 0 Å². The van der Waals surface area contributed by atoms with Gasteiger partial charge in [0.05, 0.1) is 0 Å². The molecule has 0 saturated heterocycles. The summed E-state index contributed by atoms with van der Waals surface area (Å²) in [5.74, 6) is -0.352. The van der Waals surface area contributed by atoms with E-state index in [-0.39, 0.29) is 11.9 Å². The Morgan fingerprint density at radius 1 is 0.483 bits per heavy atom. The van der Waals surface area contributed by atoms with Gasteiger partial charge in [0.15, 0.2) is 0 Å². The maximum atomic E-state index is 11.7. The first-order valence-electron chi connectivity index (χ1n) is 12.4. The molecule has 0 bridgehead atoms. The van der Waals surface area contributed by atoms with Gasteiger partial charge in [0.1, 0.15) is 0 Å². The normalized spacial score (nSPS) is 10.7. The molecule has 0 aliphatic heterocycles. The second-order valence-electron chi connectivity index (χ2n) is 8.23. The third-order valence-corrected chi connectivity index (χ3v) is 7.38. The zero-order valence-electron chi connectivity index (χ0n) is 19.4. The van der Waals surface area contributed by atoms with Crippen LogP contribution in [0.5, 0.6) is 0 Å². The summed E-state index contributed by atoms with van der Waals surface area (Å²) in [7, 11) is 0. The summed E-state index contributed by atoms with van der Waals surface area (Å²) in [5.41, 5.74) is 0. The van der Waals surface area contributed by atoms with Crippen LogP contribution in [0.1, 0.15) is 142 Å². The number of rotatable bonds is 22. The minimum absolute atomic E-state index is 0.176. The summed E-state index contributed by atoms with van der Waals surface area (Å²) < 4.78 is 10.4. The topological polar surface area (TPSA) is 52.6 Å². The first-order valence-corrected chi connectivity index (χ1v) is 15.1. The number of hydrogen-bond acceptors (Lipinski definition) is 4. The second kappa shape index (κ2) is 24.1. The molecule has 169 valence electrons. The van der Waals surface area contributed by atoms with Gasteiger partial charge in [-0.2, -0.15) is 0 Å². The van der Waals surface area contributed by atoms with E-state index in [0.29, 0.717) is 12.8 Å². The summed E-state index contributed by atoms with van der Waals surface area (Å²) in [6.45, 7) is 4.48. The zero-order chi connectivity index (χ0) is 21.4. The predicted octanol–water partition coefficient (Wildman–Crippen LogP) is 7.45. The van der Waals surface area contributed by atoms with Gasteiger partial charge in [0.25, 0.3) is 0 Å². The SMILES string of the molecule is CCCCCCCCCCCC(=O)[O][In][O]C(=O)CCCCCCCCCCC. The number of unbranched alkanes of at least 4 members (excludes halogenated alkanes) is 16. The first kappa shape index (κ1) is 28.8. The van der Waals surface area contributed by atoms with Crippen molar-refractivity contribution in [2.75, 3.05) is 0 Å². The summed E-state index contributed by atoms with van der Waals surface area (Å²) in [6, 6.07) is 0. The van der Waals surface area contributed by atoms with Gasteiger partial charge >= 0.3 is 179 Å². The third-order valence-electron chi connectivity index (χ3n) is 5.33. The van der Waals surface area contributed by atoms with Crippen molar-refractivity contribution < 1.29 is 15.3 Å². The third kappa shape index (κ3) is 24.0. The van der Waals surface area contributed by atoms with Crippen LogP contribution in [0.2, 0.25) is 0 Å². The van der Waals surface area contributed by atoms with Crippen LogP contribution in [0.3, 0.4) is 0 Å². The molecule has 0 rings (SSSR count). The van der Waals surface area contributed by atoms with Crippen LogP contribution in [-0.4, -0.2) is 35.7 Å². The van der Waals surface area contributed by atoms with Crippen LogP contribution in [0.25, 0.3) is 0 Å². The van der Waals surface area contributed by atoms with Crippen molar-refractivity contribution in [3.63, 3.8) is 0 Å². The summed E-state index contributed by atoms with van der Waals surface area (Å²) in [5, 5.41) is 0. The zero-order valence-corrected chi connectivity index (χ0v) is 22.6. The van der Waals surface area contributed by atoms with Crippen molar-refractivity contribution >= 4 is 35.7 Å².